The molecular weight excluding hydrogens is 418 g/mol. The van der Waals surface area contributed by atoms with Crippen molar-refractivity contribution in [2.45, 2.75) is 54.0 Å². The highest BCUT2D eigenvalue weighted by atomic mass is 32.2. The average molecular weight is 437 g/mol. The number of carboxylic acids is 1. The molecule has 0 bridgehead atoms. The molecule has 3 aliphatic rings. The molecule has 3 fully saturated rings. The number of thioether (sulfide) groups is 1. The van der Waals surface area contributed by atoms with Crippen molar-refractivity contribution < 1.29 is 42.4 Å². The van der Waals surface area contributed by atoms with Gasteiger partial charge in [0.1, 0.15) is 6.10 Å². The Labute approximate surface area is 163 Å². The number of fused-ring (bicyclic) bond motifs is 1. The molecule has 0 aromatic rings. The van der Waals surface area contributed by atoms with Crippen LogP contribution in [0.3, 0.4) is 0 Å². The Morgan fingerprint density at radius 2 is 1.86 bits per heavy atom. The number of rotatable bonds is 7. The Balaban J connectivity index is 1.86. The van der Waals surface area contributed by atoms with E-state index in [1.807, 2.05) is 0 Å². The number of hydrogen-bond donors (Lipinski definition) is 5. The number of nitrogens with zero attached hydrogens (tertiary/aromatic N) is 1. The minimum absolute atomic E-state index is 0.0567. The van der Waals surface area contributed by atoms with Gasteiger partial charge in [-0.05, 0) is 12.8 Å². The number of carbonyl (C=O) groups excluding carboxylic acids is 3. The third-order valence-corrected chi connectivity index (χ3v) is 8.12. The van der Waals surface area contributed by atoms with E-state index in [0.29, 0.717) is 5.75 Å². The van der Waals surface area contributed by atoms with Crippen LogP contribution in [0.1, 0.15) is 25.7 Å². The SMILES string of the molecule is O=C1N[C@H]2[C@H](CS[C@H]2CCC(O)C(C(=O)O)(N2C(=O)CCC2=O)S(=O)(=O)O)N1. The topological polar surface area (TPSA) is 190 Å². The van der Waals surface area contributed by atoms with Gasteiger partial charge in [-0.25, -0.2) is 14.5 Å². The zero-order chi connectivity index (χ0) is 20.9. The summed E-state index contributed by atoms with van der Waals surface area (Å²) in [6.45, 7) is 0. The fourth-order valence-electron chi connectivity index (χ4n) is 3.89. The minimum atomic E-state index is -5.60. The molecule has 3 saturated heterocycles. The average Bonchev–Trinajstić information content (AvgIpc) is 3.21. The van der Waals surface area contributed by atoms with E-state index in [1.165, 1.54) is 11.8 Å². The summed E-state index contributed by atoms with van der Waals surface area (Å²) in [7, 11) is -5.60. The zero-order valence-electron chi connectivity index (χ0n) is 14.4. The number of likely N-dealkylation sites (tertiary alicyclic amines) is 1. The van der Waals surface area contributed by atoms with E-state index in [-0.39, 0.29) is 34.7 Å². The Morgan fingerprint density at radius 3 is 2.39 bits per heavy atom. The van der Waals surface area contributed by atoms with Crippen molar-refractivity contribution >= 4 is 45.7 Å². The largest absolute Gasteiger partial charge is 0.479 e. The van der Waals surface area contributed by atoms with Crippen LogP contribution in [0.2, 0.25) is 0 Å². The van der Waals surface area contributed by atoms with Gasteiger partial charge in [0.2, 0.25) is 11.8 Å². The summed E-state index contributed by atoms with van der Waals surface area (Å²) in [6.07, 6.45) is -3.47. The third-order valence-electron chi connectivity index (χ3n) is 5.20. The lowest BCUT2D eigenvalue weighted by molar-refractivity contribution is -0.163. The maximum atomic E-state index is 12.0. The van der Waals surface area contributed by atoms with Crippen LogP contribution in [0.4, 0.5) is 4.79 Å². The molecule has 3 aliphatic heterocycles. The highest BCUT2D eigenvalue weighted by Gasteiger charge is 2.65. The van der Waals surface area contributed by atoms with E-state index in [0.717, 1.165) is 0 Å². The van der Waals surface area contributed by atoms with Crippen molar-refractivity contribution in [3.05, 3.63) is 0 Å². The van der Waals surface area contributed by atoms with Crippen LogP contribution in [0.15, 0.2) is 0 Å². The second-order valence-corrected chi connectivity index (χ2v) is 9.66. The van der Waals surface area contributed by atoms with Crippen LogP contribution >= 0.6 is 11.8 Å². The summed E-state index contributed by atoms with van der Waals surface area (Å²) in [5.41, 5.74) is 0. The number of imide groups is 1. The summed E-state index contributed by atoms with van der Waals surface area (Å²) in [5.74, 6) is -3.85. The molecule has 0 aromatic carbocycles. The second-order valence-electron chi connectivity index (χ2n) is 6.81. The number of urea groups is 1. The minimum Gasteiger partial charge on any atom is -0.479 e. The number of hydrogen-bond acceptors (Lipinski definition) is 8. The molecule has 28 heavy (non-hydrogen) atoms. The van der Waals surface area contributed by atoms with Gasteiger partial charge >= 0.3 is 22.1 Å². The number of aliphatic hydroxyl groups is 1. The number of carboxylic acid groups (broad SMARTS) is 1. The molecule has 4 amide bonds. The van der Waals surface area contributed by atoms with Crippen molar-refractivity contribution in [2.75, 3.05) is 5.75 Å². The molecule has 0 saturated carbocycles. The summed E-state index contributed by atoms with van der Waals surface area (Å²) in [5, 5.41) is 25.3. The van der Waals surface area contributed by atoms with E-state index in [4.69, 9.17) is 0 Å². The van der Waals surface area contributed by atoms with Crippen LogP contribution in [0.25, 0.3) is 0 Å². The molecule has 0 aliphatic carbocycles. The van der Waals surface area contributed by atoms with Crippen molar-refractivity contribution in [1.82, 2.24) is 15.5 Å². The smallest absolute Gasteiger partial charge is 0.351 e. The Bertz CT molecular complexity index is 816. The first-order valence-electron chi connectivity index (χ1n) is 8.43. The number of nitrogens with one attached hydrogen (secondary N) is 2. The first-order valence-corrected chi connectivity index (χ1v) is 10.9. The zero-order valence-corrected chi connectivity index (χ0v) is 16.0. The first-order chi connectivity index (χ1) is 13.0. The van der Waals surface area contributed by atoms with Gasteiger partial charge in [0, 0.05) is 23.8 Å². The van der Waals surface area contributed by atoms with Crippen LogP contribution in [-0.2, 0) is 24.5 Å². The van der Waals surface area contributed by atoms with Gasteiger partial charge in [0.05, 0.1) is 12.1 Å². The quantitative estimate of drug-likeness (QED) is 0.171. The standard InChI is InChI=1S/C14H19N3O9S2/c18-8(2-1-7-11-6(5-27-7)15-13(23)16-11)14(12(21)22,28(24,25)26)17-9(19)3-4-10(17)20/h6-8,11,18H,1-5H2,(H,21,22)(H2,15,16,23)(H,24,25,26)/t6-,7-,8?,11-,14?/m0/s1. The molecule has 3 rings (SSSR count). The van der Waals surface area contributed by atoms with Gasteiger partial charge in [-0.2, -0.15) is 20.2 Å². The maximum absolute atomic E-state index is 12.0. The molecule has 0 radical (unpaired) electrons. The highest BCUT2D eigenvalue weighted by Crippen LogP contribution is 2.37. The predicted molar refractivity (Wildman–Crippen MR) is 93.7 cm³/mol. The lowest BCUT2D eigenvalue weighted by Crippen LogP contribution is -2.68. The summed E-state index contributed by atoms with van der Waals surface area (Å²) < 4.78 is 33.7. The molecule has 156 valence electrons. The van der Waals surface area contributed by atoms with Crippen LogP contribution in [0, 0.1) is 0 Å². The van der Waals surface area contributed by atoms with E-state index in [9.17, 15) is 42.4 Å². The molecule has 12 nitrogen and oxygen atoms in total. The van der Waals surface area contributed by atoms with Crippen molar-refractivity contribution in [3.63, 3.8) is 0 Å². The van der Waals surface area contributed by atoms with Gasteiger partial charge in [0.15, 0.2) is 0 Å². The number of amides is 4. The third kappa shape index (κ3) is 3.13. The molecule has 14 heteroatoms. The van der Waals surface area contributed by atoms with E-state index in [2.05, 4.69) is 10.6 Å². The molecule has 0 aromatic heterocycles. The molecule has 2 unspecified atom stereocenters. The van der Waals surface area contributed by atoms with Crippen LogP contribution < -0.4 is 10.6 Å². The summed E-state index contributed by atoms with van der Waals surface area (Å²) >= 11 is 1.44. The monoisotopic (exact) mass is 437 g/mol. The van der Waals surface area contributed by atoms with E-state index < -0.39 is 58.1 Å². The molecule has 0 spiro atoms. The van der Waals surface area contributed by atoms with E-state index >= 15 is 0 Å². The van der Waals surface area contributed by atoms with Crippen molar-refractivity contribution in [3.8, 4) is 0 Å². The van der Waals surface area contributed by atoms with E-state index in [1.54, 1.807) is 0 Å². The van der Waals surface area contributed by atoms with Gasteiger partial charge in [-0.15, -0.1) is 0 Å². The molecule has 5 atom stereocenters. The van der Waals surface area contributed by atoms with Crippen LogP contribution in [0.5, 0.6) is 0 Å². The van der Waals surface area contributed by atoms with Gasteiger partial charge in [0.25, 0.3) is 4.87 Å². The molecule has 5 N–H and O–H groups in total. The Morgan fingerprint density at radius 1 is 1.25 bits per heavy atom. The normalized spacial score (nSPS) is 30.6. The lowest BCUT2D eigenvalue weighted by Gasteiger charge is -2.37. The summed E-state index contributed by atoms with van der Waals surface area (Å²) in [6, 6.07) is -0.788. The second kappa shape index (κ2) is 7.17. The van der Waals surface area contributed by atoms with Gasteiger partial charge in [-0.1, -0.05) is 0 Å². The first kappa shape index (κ1) is 20.8. The number of aliphatic carboxylic acids is 1. The van der Waals surface area contributed by atoms with Gasteiger partial charge in [-0.3, -0.25) is 14.1 Å². The lowest BCUT2D eigenvalue weighted by atomic mass is 9.98. The van der Waals surface area contributed by atoms with Crippen molar-refractivity contribution in [2.24, 2.45) is 0 Å². The Hall–Kier alpha value is -1.90. The highest BCUT2D eigenvalue weighted by molar-refractivity contribution is 8.00. The fourth-order valence-corrected chi connectivity index (χ4v) is 6.52. The predicted octanol–water partition coefficient (Wildman–Crippen LogP) is -1.89. The van der Waals surface area contributed by atoms with Crippen LogP contribution in [-0.4, -0.2) is 86.0 Å². The Kier molecular flexibility index (Phi) is 5.33. The molecular formula is C14H19N3O9S2. The van der Waals surface area contributed by atoms with Gasteiger partial charge < -0.3 is 20.8 Å². The number of carbonyl (C=O) groups is 4. The maximum Gasteiger partial charge on any atom is 0.351 e. The summed E-state index contributed by atoms with van der Waals surface area (Å²) in [4.78, 5) is 43.8. The molecule has 3 heterocycles. The number of aliphatic hydroxyl groups excluding tert-OH is 1. The fraction of sp³-hybridized carbons (Fsp3) is 0.714. The van der Waals surface area contributed by atoms with Crippen molar-refractivity contribution in [1.29, 1.82) is 0 Å².